The molecule has 0 aromatic rings. The van der Waals surface area contributed by atoms with E-state index in [1.54, 1.807) is 7.11 Å². The first kappa shape index (κ1) is 16.9. The Labute approximate surface area is 118 Å². The SMILES string of the molecule is CCOC1(C(CCC(C)(C)OC)NN)CCCCC1. The number of rotatable bonds is 8. The summed E-state index contributed by atoms with van der Waals surface area (Å²) in [5, 5.41) is 0. The first-order valence-electron chi connectivity index (χ1n) is 7.65. The third-order valence-corrected chi connectivity index (χ3v) is 4.56. The van der Waals surface area contributed by atoms with E-state index in [1.165, 1.54) is 19.3 Å². The predicted octanol–water partition coefficient (Wildman–Crippen LogP) is 2.76. The van der Waals surface area contributed by atoms with Crippen LogP contribution < -0.4 is 11.3 Å². The lowest BCUT2D eigenvalue weighted by molar-refractivity contribution is -0.0961. The summed E-state index contributed by atoms with van der Waals surface area (Å²) in [7, 11) is 1.77. The van der Waals surface area contributed by atoms with Crippen molar-refractivity contribution in [3.8, 4) is 0 Å². The van der Waals surface area contributed by atoms with Crippen LogP contribution in [0.3, 0.4) is 0 Å². The molecule has 0 bridgehead atoms. The largest absolute Gasteiger partial charge is 0.379 e. The molecule has 1 saturated carbocycles. The van der Waals surface area contributed by atoms with Gasteiger partial charge in [0.05, 0.1) is 17.2 Å². The van der Waals surface area contributed by atoms with Crippen LogP contribution in [0.1, 0.15) is 65.7 Å². The minimum atomic E-state index is -0.100. The minimum Gasteiger partial charge on any atom is -0.379 e. The van der Waals surface area contributed by atoms with Crippen LogP contribution in [0.5, 0.6) is 0 Å². The molecule has 4 nitrogen and oxygen atoms in total. The van der Waals surface area contributed by atoms with Crippen molar-refractivity contribution in [2.45, 2.75) is 83.0 Å². The Balaban J connectivity index is 2.68. The van der Waals surface area contributed by atoms with Gasteiger partial charge in [0.1, 0.15) is 0 Å². The van der Waals surface area contributed by atoms with Gasteiger partial charge in [-0.25, -0.2) is 0 Å². The Morgan fingerprint density at radius 1 is 1.26 bits per heavy atom. The number of methoxy groups -OCH3 is 1. The van der Waals surface area contributed by atoms with Crippen LogP contribution in [-0.4, -0.2) is 31.0 Å². The van der Waals surface area contributed by atoms with Crippen molar-refractivity contribution in [2.75, 3.05) is 13.7 Å². The predicted molar refractivity (Wildman–Crippen MR) is 78.9 cm³/mol. The van der Waals surface area contributed by atoms with E-state index in [-0.39, 0.29) is 17.2 Å². The summed E-state index contributed by atoms with van der Waals surface area (Å²) in [6.07, 6.45) is 7.99. The van der Waals surface area contributed by atoms with E-state index < -0.39 is 0 Å². The number of nitrogens with one attached hydrogen (secondary N) is 1. The molecular weight excluding hydrogens is 240 g/mol. The fourth-order valence-electron chi connectivity index (χ4n) is 3.12. The highest BCUT2D eigenvalue weighted by molar-refractivity contribution is 4.95. The molecule has 1 unspecified atom stereocenters. The quantitative estimate of drug-likeness (QED) is 0.527. The molecule has 1 atom stereocenters. The van der Waals surface area contributed by atoms with Crippen LogP contribution >= 0.6 is 0 Å². The van der Waals surface area contributed by atoms with E-state index in [0.29, 0.717) is 0 Å². The van der Waals surface area contributed by atoms with Crippen LogP contribution in [0.4, 0.5) is 0 Å². The maximum absolute atomic E-state index is 6.14. The molecular formula is C15H32N2O2. The van der Waals surface area contributed by atoms with E-state index in [0.717, 1.165) is 32.3 Å². The van der Waals surface area contributed by atoms with Gasteiger partial charge in [0.2, 0.25) is 0 Å². The fourth-order valence-corrected chi connectivity index (χ4v) is 3.12. The Morgan fingerprint density at radius 2 is 1.89 bits per heavy atom. The molecule has 1 aliphatic carbocycles. The number of nitrogens with two attached hydrogens (primary N) is 1. The lowest BCUT2D eigenvalue weighted by Gasteiger charge is -2.43. The fraction of sp³-hybridized carbons (Fsp3) is 1.00. The van der Waals surface area contributed by atoms with Gasteiger partial charge in [0, 0.05) is 13.7 Å². The minimum absolute atomic E-state index is 0.0778. The molecule has 0 amide bonds. The van der Waals surface area contributed by atoms with Gasteiger partial charge in [-0.05, 0) is 46.5 Å². The van der Waals surface area contributed by atoms with Crippen LogP contribution in [0.15, 0.2) is 0 Å². The molecule has 19 heavy (non-hydrogen) atoms. The van der Waals surface area contributed by atoms with Crippen molar-refractivity contribution in [1.29, 1.82) is 0 Å². The van der Waals surface area contributed by atoms with E-state index in [4.69, 9.17) is 15.3 Å². The molecule has 0 aliphatic heterocycles. The zero-order chi connectivity index (χ0) is 14.4. The second kappa shape index (κ2) is 7.58. The topological polar surface area (TPSA) is 56.5 Å². The van der Waals surface area contributed by atoms with E-state index in [2.05, 4.69) is 26.2 Å². The molecule has 1 rings (SSSR count). The molecule has 4 heteroatoms. The third-order valence-electron chi connectivity index (χ3n) is 4.56. The molecule has 3 N–H and O–H groups in total. The van der Waals surface area contributed by atoms with Gasteiger partial charge >= 0.3 is 0 Å². The maximum Gasteiger partial charge on any atom is 0.0848 e. The Hall–Kier alpha value is -0.160. The number of hydrogen-bond donors (Lipinski definition) is 2. The molecule has 0 radical (unpaired) electrons. The number of ether oxygens (including phenoxy) is 2. The van der Waals surface area contributed by atoms with Gasteiger partial charge in [0.25, 0.3) is 0 Å². The Morgan fingerprint density at radius 3 is 2.37 bits per heavy atom. The monoisotopic (exact) mass is 272 g/mol. The van der Waals surface area contributed by atoms with E-state index in [1.807, 2.05) is 0 Å². The molecule has 1 fully saturated rings. The highest BCUT2D eigenvalue weighted by Crippen LogP contribution is 2.36. The third kappa shape index (κ3) is 4.71. The van der Waals surface area contributed by atoms with Crippen molar-refractivity contribution >= 4 is 0 Å². The first-order valence-corrected chi connectivity index (χ1v) is 7.65. The average molecular weight is 272 g/mol. The summed E-state index contributed by atoms with van der Waals surface area (Å²) in [6, 6.07) is 0.210. The zero-order valence-electron chi connectivity index (χ0n) is 13.1. The second-order valence-corrected chi connectivity index (χ2v) is 6.28. The van der Waals surface area contributed by atoms with Crippen LogP contribution in [0, 0.1) is 0 Å². The summed E-state index contributed by atoms with van der Waals surface area (Å²) in [5.74, 6) is 5.82. The van der Waals surface area contributed by atoms with Crippen molar-refractivity contribution in [3.63, 3.8) is 0 Å². The molecule has 0 aromatic carbocycles. The molecule has 114 valence electrons. The molecule has 0 heterocycles. The van der Waals surface area contributed by atoms with Gasteiger partial charge < -0.3 is 9.47 Å². The standard InChI is InChI=1S/C15H32N2O2/c1-5-19-15(10-7-6-8-11-15)13(17-16)9-12-14(2,3)18-4/h13,17H,5-12,16H2,1-4H3. The molecule has 0 aromatic heterocycles. The van der Waals surface area contributed by atoms with Crippen molar-refractivity contribution < 1.29 is 9.47 Å². The van der Waals surface area contributed by atoms with Crippen molar-refractivity contribution in [3.05, 3.63) is 0 Å². The van der Waals surface area contributed by atoms with E-state index >= 15 is 0 Å². The summed E-state index contributed by atoms with van der Waals surface area (Å²) in [4.78, 5) is 0. The molecule has 0 saturated heterocycles. The molecule has 1 aliphatic rings. The molecule has 0 spiro atoms. The van der Waals surface area contributed by atoms with Gasteiger partial charge in [0.15, 0.2) is 0 Å². The normalized spacial score (nSPS) is 21.3. The van der Waals surface area contributed by atoms with Gasteiger partial charge in [-0.2, -0.15) is 0 Å². The summed E-state index contributed by atoms with van der Waals surface area (Å²) in [5.41, 5.74) is 2.84. The number of hydrazine groups is 1. The highest BCUT2D eigenvalue weighted by Gasteiger charge is 2.40. The van der Waals surface area contributed by atoms with Crippen LogP contribution in [0.25, 0.3) is 0 Å². The first-order chi connectivity index (χ1) is 8.99. The Kier molecular flexibility index (Phi) is 6.74. The lowest BCUT2D eigenvalue weighted by Crippen LogP contribution is -2.56. The summed E-state index contributed by atoms with van der Waals surface area (Å²) >= 11 is 0. The average Bonchev–Trinajstić information content (AvgIpc) is 2.40. The van der Waals surface area contributed by atoms with Gasteiger partial charge in [-0.15, -0.1) is 0 Å². The number of hydrogen-bond acceptors (Lipinski definition) is 4. The summed E-state index contributed by atoms with van der Waals surface area (Å²) in [6.45, 7) is 7.07. The second-order valence-electron chi connectivity index (χ2n) is 6.28. The zero-order valence-corrected chi connectivity index (χ0v) is 13.1. The maximum atomic E-state index is 6.14. The van der Waals surface area contributed by atoms with Gasteiger partial charge in [-0.3, -0.25) is 11.3 Å². The summed E-state index contributed by atoms with van der Waals surface area (Å²) < 4.78 is 11.6. The van der Waals surface area contributed by atoms with E-state index in [9.17, 15) is 0 Å². The van der Waals surface area contributed by atoms with Crippen LogP contribution in [0.2, 0.25) is 0 Å². The highest BCUT2D eigenvalue weighted by atomic mass is 16.5. The smallest absolute Gasteiger partial charge is 0.0848 e. The van der Waals surface area contributed by atoms with Crippen molar-refractivity contribution in [1.82, 2.24) is 5.43 Å². The lowest BCUT2D eigenvalue weighted by atomic mass is 9.77. The van der Waals surface area contributed by atoms with Crippen LogP contribution in [-0.2, 0) is 9.47 Å². The van der Waals surface area contributed by atoms with Gasteiger partial charge in [-0.1, -0.05) is 19.3 Å². The Bertz CT molecular complexity index is 245. The van der Waals surface area contributed by atoms with Crippen molar-refractivity contribution in [2.24, 2.45) is 5.84 Å².